The first-order valence-corrected chi connectivity index (χ1v) is 7.45. The van der Waals surface area contributed by atoms with Crippen LogP contribution in [-0.4, -0.2) is 9.55 Å². The number of aryl methyl sites for hydroxylation is 2. The lowest BCUT2D eigenvalue weighted by Gasteiger charge is -2.09. The quantitative estimate of drug-likeness (QED) is 0.795. The molecule has 0 unspecified atom stereocenters. The van der Waals surface area contributed by atoms with Crippen molar-refractivity contribution in [2.24, 2.45) is 5.73 Å². The fourth-order valence-corrected chi connectivity index (χ4v) is 2.88. The lowest BCUT2D eigenvalue weighted by molar-refractivity contribution is 0.731. The lowest BCUT2D eigenvalue weighted by atomic mass is 10.0. The molecule has 0 aliphatic carbocycles. The third kappa shape index (κ3) is 2.57. The van der Waals surface area contributed by atoms with Crippen molar-refractivity contribution >= 4 is 11.0 Å². The molecule has 0 aliphatic heterocycles. The number of aromatic nitrogens is 2. The zero-order chi connectivity index (χ0) is 14.8. The molecule has 3 aromatic rings. The van der Waals surface area contributed by atoms with Crippen molar-refractivity contribution < 1.29 is 0 Å². The van der Waals surface area contributed by atoms with E-state index in [4.69, 9.17) is 10.7 Å². The van der Waals surface area contributed by atoms with Gasteiger partial charge in [0.25, 0.3) is 0 Å². The molecule has 0 saturated carbocycles. The van der Waals surface area contributed by atoms with Crippen molar-refractivity contribution in [2.75, 3.05) is 0 Å². The topological polar surface area (TPSA) is 43.8 Å². The average Bonchev–Trinajstić information content (AvgIpc) is 2.83. The second-order valence-corrected chi connectivity index (χ2v) is 5.41. The van der Waals surface area contributed by atoms with Gasteiger partial charge in [0.2, 0.25) is 0 Å². The van der Waals surface area contributed by atoms with Crippen LogP contribution in [0.2, 0.25) is 0 Å². The fourth-order valence-electron chi connectivity index (χ4n) is 2.88. The highest BCUT2D eigenvalue weighted by molar-refractivity contribution is 5.77. The number of nitrogens with two attached hydrogens (primary N) is 1. The number of hydrogen-bond donors (Lipinski definition) is 1. The predicted octanol–water partition coefficient (Wildman–Crippen LogP) is 3.41. The maximum absolute atomic E-state index is 5.84. The summed E-state index contributed by atoms with van der Waals surface area (Å²) in [5.41, 5.74) is 11.8. The molecule has 0 atom stereocenters. The Kier molecular flexibility index (Phi) is 3.76. The second-order valence-electron chi connectivity index (χ2n) is 5.41. The van der Waals surface area contributed by atoms with E-state index in [1.807, 2.05) is 6.07 Å². The van der Waals surface area contributed by atoms with Crippen LogP contribution in [0.1, 0.15) is 29.4 Å². The van der Waals surface area contributed by atoms with Crippen molar-refractivity contribution in [3.05, 3.63) is 65.0 Å². The molecule has 3 nitrogen and oxygen atoms in total. The summed E-state index contributed by atoms with van der Waals surface area (Å²) < 4.78 is 2.29. The van der Waals surface area contributed by atoms with Crippen molar-refractivity contribution in [3.63, 3.8) is 0 Å². The van der Waals surface area contributed by atoms with E-state index in [1.165, 1.54) is 22.2 Å². The zero-order valence-corrected chi connectivity index (χ0v) is 12.6. The Hall–Kier alpha value is -2.13. The summed E-state index contributed by atoms with van der Waals surface area (Å²) in [5, 5.41) is 0. The van der Waals surface area contributed by atoms with Gasteiger partial charge in [0.05, 0.1) is 11.0 Å². The van der Waals surface area contributed by atoms with Gasteiger partial charge in [-0.3, -0.25) is 0 Å². The molecular formula is C18H21N3. The second kappa shape index (κ2) is 5.70. The monoisotopic (exact) mass is 279 g/mol. The third-order valence-corrected chi connectivity index (χ3v) is 3.99. The number of hydrogen-bond acceptors (Lipinski definition) is 2. The zero-order valence-electron chi connectivity index (χ0n) is 12.6. The SMILES string of the molecule is CCn1c(Cc2ccccc2CN)nc2cc(C)ccc21. The van der Waals surface area contributed by atoms with Crippen LogP contribution < -0.4 is 5.73 Å². The van der Waals surface area contributed by atoms with Crippen LogP contribution >= 0.6 is 0 Å². The Morgan fingerprint density at radius 2 is 1.86 bits per heavy atom. The van der Waals surface area contributed by atoms with Gasteiger partial charge < -0.3 is 10.3 Å². The molecule has 0 fully saturated rings. The summed E-state index contributed by atoms with van der Waals surface area (Å²) >= 11 is 0. The minimum atomic E-state index is 0.571. The molecule has 3 heteroatoms. The summed E-state index contributed by atoms with van der Waals surface area (Å²) in [4.78, 5) is 4.84. The average molecular weight is 279 g/mol. The molecule has 0 spiro atoms. The van der Waals surface area contributed by atoms with Gasteiger partial charge in [-0.15, -0.1) is 0 Å². The minimum absolute atomic E-state index is 0.571. The van der Waals surface area contributed by atoms with E-state index in [0.717, 1.165) is 24.3 Å². The molecule has 21 heavy (non-hydrogen) atoms. The highest BCUT2D eigenvalue weighted by Crippen LogP contribution is 2.21. The Balaban J connectivity index is 2.07. The van der Waals surface area contributed by atoms with Crippen molar-refractivity contribution in [1.29, 1.82) is 0 Å². The number of benzene rings is 2. The van der Waals surface area contributed by atoms with Gasteiger partial charge in [-0.2, -0.15) is 0 Å². The van der Waals surface area contributed by atoms with Gasteiger partial charge in [-0.1, -0.05) is 30.3 Å². The number of rotatable bonds is 4. The van der Waals surface area contributed by atoms with E-state index >= 15 is 0 Å². The van der Waals surface area contributed by atoms with E-state index in [9.17, 15) is 0 Å². The first kappa shape index (κ1) is 13.8. The van der Waals surface area contributed by atoms with Gasteiger partial charge in [0.15, 0.2) is 0 Å². The summed E-state index contributed by atoms with van der Waals surface area (Å²) in [5.74, 6) is 1.11. The van der Waals surface area contributed by atoms with Gasteiger partial charge in [-0.25, -0.2) is 4.98 Å². The summed E-state index contributed by atoms with van der Waals surface area (Å²) in [7, 11) is 0. The van der Waals surface area contributed by atoms with Gasteiger partial charge >= 0.3 is 0 Å². The summed E-state index contributed by atoms with van der Waals surface area (Å²) in [6.07, 6.45) is 0.828. The standard InChI is InChI=1S/C18H21N3/c1-3-21-17-9-8-13(2)10-16(17)20-18(21)11-14-6-4-5-7-15(14)12-19/h4-10H,3,11-12,19H2,1-2H3. The molecule has 0 bridgehead atoms. The Morgan fingerprint density at radius 1 is 1.10 bits per heavy atom. The smallest absolute Gasteiger partial charge is 0.114 e. The maximum Gasteiger partial charge on any atom is 0.114 e. The number of nitrogens with zero attached hydrogens (tertiary/aromatic N) is 2. The fraction of sp³-hybridized carbons (Fsp3) is 0.278. The molecule has 3 rings (SSSR count). The maximum atomic E-state index is 5.84. The molecule has 0 amide bonds. The van der Waals surface area contributed by atoms with E-state index in [1.54, 1.807) is 0 Å². The number of fused-ring (bicyclic) bond motifs is 1. The molecule has 1 heterocycles. The van der Waals surface area contributed by atoms with Crippen molar-refractivity contribution in [1.82, 2.24) is 9.55 Å². The van der Waals surface area contributed by atoms with Crippen LogP contribution in [0.3, 0.4) is 0 Å². The van der Waals surface area contributed by atoms with Gasteiger partial charge in [-0.05, 0) is 42.7 Å². The first-order chi connectivity index (χ1) is 10.2. The molecule has 108 valence electrons. The lowest BCUT2D eigenvalue weighted by Crippen LogP contribution is -2.06. The summed E-state index contributed by atoms with van der Waals surface area (Å²) in [6, 6.07) is 14.8. The largest absolute Gasteiger partial charge is 0.328 e. The van der Waals surface area contributed by atoms with Crippen LogP contribution in [-0.2, 0) is 19.5 Å². The normalized spacial score (nSPS) is 11.2. The Labute approximate surface area is 125 Å². The Bertz CT molecular complexity index is 771. The highest BCUT2D eigenvalue weighted by atomic mass is 15.1. The van der Waals surface area contributed by atoms with Gasteiger partial charge in [0, 0.05) is 19.5 Å². The molecular weight excluding hydrogens is 258 g/mol. The van der Waals surface area contributed by atoms with E-state index in [-0.39, 0.29) is 0 Å². The molecule has 1 aromatic heterocycles. The molecule has 2 N–H and O–H groups in total. The van der Waals surface area contributed by atoms with Crippen LogP contribution in [0.5, 0.6) is 0 Å². The van der Waals surface area contributed by atoms with Gasteiger partial charge in [0.1, 0.15) is 5.82 Å². The van der Waals surface area contributed by atoms with E-state index in [2.05, 4.69) is 54.8 Å². The van der Waals surface area contributed by atoms with Crippen LogP contribution in [0.15, 0.2) is 42.5 Å². The van der Waals surface area contributed by atoms with Crippen LogP contribution in [0, 0.1) is 6.92 Å². The molecule has 0 saturated heterocycles. The van der Waals surface area contributed by atoms with E-state index in [0.29, 0.717) is 6.54 Å². The predicted molar refractivity (Wildman–Crippen MR) is 87.3 cm³/mol. The first-order valence-electron chi connectivity index (χ1n) is 7.45. The number of imidazole rings is 1. The van der Waals surface area contributed by atoms with Crippen LogP contribution in [0.25, 0.3) is 11.0 Å². The summed E-state index contributed by atoms with van der Waals surface area (Å²) in [6.45, 7) is 5.77. The highest BCUT2D eigenvalue weighted by Gasteiger charge is 2.11. The van der Waals surface area contributed by atoms with Crippen molar-refractivity contribution in [2.45, 2.75) is 33.4 Å². The molecule has 2 aromatic carbocycles. The van der Waals surface area contributed by atoms with Crippen LogP contribution in [0.4, 0.5) is 0 Å². The Morgan fingerprint density at radius 3 is 2.57 bits per heavy atom. The van der Waals surface area contributed by atoms with Crippen molar-refractivity contribution in [3.8, 4) is 0 Å². The molecule has 0 aliphatic rings. The third-order valence-electron chi connectivity index (χ3n) is 3.99. The van der Waals surface area contributed by atoms with E-state index < -0.39 is 0 Å². The minimum Gasteiger partial charge on any atom is -0.328 e. The molecule has 0 radical (unpaired) electrons.